The van der Waals surface area contributed by atoms with Gasteiger partial charge in [0, 0.05) is 10.6 Å². The third-order valence-corrected chi connectivity index (χ3v) is 2.44. The molecule has 0 aliphatic rings. The van der Waals surface area contributed by atoms with Crippen LogP contribution in [0.4, 0.5) is 0 Å². The Morgan fingerprint density at radius 3 is 2.86 bits per heavy atom. The first-order valence-electron chi connectivity index (χ1n) is 3.99. The molecule has 1 aromatic heterocycles. The van der Waals surface area contributed by atoms with Crippen molar-refractivity contribution in [2.45, 2.75) is 6.92 Å². The third-order valence-electron chi connectivity index (χ3n) is 1.84. The number of hydrogen-bond donors (Lipinski definition) is 1. The summed E-state index contributed by atoms with van der Waals surface area (Å²) in [7, 11) is 0. The second kappa shape index (κ2) is 3.55. The van der Waals surface area contributed by atoms with Crippen molar-refractivity contribution in [3.63, 3.8) is 0 Å². The Labute approximate surface area is 90.7 Å². The molecule has 0 aliphatic heterocycles. The van der Waals surface area contributed by atoms with Crippen molar-refractivity contribution in [2.24, 2.45) is 0 Å². The van der Waals surface area contributed by atoms with Crippen molar-refractivity contribution in [3.05, 3.63) is 33.6 Å². The van der Waals surface area contributed by atoms with Crippen LogP contribution in [0.25, 0.3) is 11.5 Å². The van der Waals surface area contributed by atoms with E-state index in [0.29, 0.717) is 5.89 Å². The highest BCUT2D eigenvalue weighted by atomic mass is 35.5. The van der Waals surface area contributed by atoms with Crippen LogP contribution in [0, 0.1) is 11.8 Å². The first-order valence-corrected chi connectivity index (χ1v) is 4.77. The van der Waals surface area contributed by atoms with E-state index in [1.807, 2.05) is 19.1 Å². The van der Waals surface area contributed by atoms with Crippen LogP contribution in [0.5, 0.6) is 0 Å². The molecule has 1 heterocycles. The summed E-state index contributed by atoms with van der Waals surface area (Å²) in [5, 5.41) is 7.21. The Morgan fingerprint density at radius 1 is 1.50 bits per heavy atom. The topological polar surface area (TPSA) is 41.8 Å². The van der Waals surface area contributed by atoms with Crippen molar-refractivity contribution < 1.29 is 4.42 Å². The van der Waals surface area contributed by atoms with Crippen LogP contribution in [-0.4, -0.2) is 10.2 Å². The molecule has 0 saturated carbocycles. The number of H-pyrrole nitrogens is 1. The molecule has 0 saturated heterocycles. The molecule has 72 valence electrons. The Kier molecular flexibility index (Phi) is 2.39. The molecule has 0 radical (unpaired) electrons. The minimum Gasteiger partial charge on any atom is -0.409 e. The van der Waals surface area contributed by atoms with E-state index in [2.05, 4.69) is 10.2 Å². The van der Waals surface area contributed by atoms with E-state index in [-0.39, 0.29) is 4.84 Å². The van der Waals surface area contributed by atoms with Gasteiger partial charge >= 0.3 is 0 Å². The Balaban J connectivity index is 2.52. The normalized spacial score (nSPS) is 10.4. The summed E-state index contributed by atoms with van der Waals surface area (Å²) >= 11 is 10.7. The lowest BCUT2D eigenvalue weighted by atomic mass is 10.1. The van der Waals surface area contributed by atoms with Crippen LogP contribution in [0.15, 0.2) is 22.6 Å². The van der Waals surface area contributed by atoms with E-state index >= 15 is 0 Å². The minimum absolute atomic E-state index is 0.271. The van der Waals surface area contributed by atoms with Crippen LogP contribution in [0.3, 0.4) is 0 Å². The largest absolute Gasteiger partial charge is 0.409 e. The molecule has 0 fully saturated rings. The van der Waals surface area contributed by atoms with Crippen molar-refractivity contribution >= 4 is 23.8 Å². The van der Waals surface area contributed by atoms with E-state index in [9.17, 15) is 0 Å². The zero-order chi connectivity index (χ0) is 10.1. The number of aromatic amines is 1. The van der Waals surface area contributed by atoms with Crippen molar-refractivity contribution in [2.75, 3.05) is 0 Å². The molecule has 0 atom stereocenters. The van der Waals surface area contributed by atoms with Gasteiger partial charge in [0.2, 0.25) is 5.89 Å². The van der Waals surface area contributed by atoms with E-state index in [1.165, 1.54) is 0 Å². The monoisotopic (exact) mass is 226 g/mol. The van der Waals surface area contributed by atoms with Crippen LogP contribution >= 0.6 is 23.8 Å². The summed E-state index contributed by atoms with van der Waals surface area (Å²) in [6, 6.07) is 5.54. The highest BCUT2D eigenvalue weighted by Gasteiger charge is 2.05. The molecule has 0 bridgehead atoms. The van der Waals surface area contributed by atoms with E-state index in [1.54, 1.807) is 6.07 Å². The average molecular weight is 227 g/mol. The molecule has 0 aliphatic carbocycles. The minimum atomic E-state index is 0.271. The number of nitrogens with one attached hydrogen (secondary N) is 1. The van der Waals surface area contributed by atoms with E-state index in [0.717, 1.165) is 16.1 Å². The van der Waals surface area contributed by atoms with E-state index < -0.39 is 0 Å². The second-order valence-electron chi connectivity index (χ2n) is 2.88. The number of benzene rings is 1. The maximum absolute atomic E-state index is 5.89. The van der Waals surface area contributed by atoms with Gasteiger partial charge < -0.3 is 4.42 Å². The zero-order valence-electron chi connectivity index (χ0n) is 7.37. The number of aryl methyl sites for hydroxylation is 1. The zero-order valence-corrected chi connectivity index (χ0v) is 8.95. The molecule has 0 spiro atoms. The third kappa shape index (κ3) is 1.71. The molecule has 2 rings (SSSR count). The van der Waals surface area contributed by atoms with Gasteiger partial charge in [-0.3, -0.25) is 0 Å². The predicted molar refractivity (Wildman–Crippen MR) is 56.9 cm³/mol. The van der Waals surface area contributed by atoms with Crippen LogP contribution in [0.2, 0.25) is 5.02 Å². The van der Waals surface area contributed by atoms with Gasteiger partial charge in [-0.05, 0) is 42.9 Å². The summed E-state index contributed by atoms with van der Waals surface area (Å²) in [6.45, 7) is 1.92. The molecule has 1 aromatic carbocycles. The first kappa shape index (κ1) is 9.43. The summed E-state index contributed by atoms with van der Waals surface area (Å²) < 4.78 is 5.17. The van der Waals surface area contributed by atoms with Crippen LogP contribution < -0.4 is 0 Å². The van der Waals surface area contributed by atoms with Gasteiger partial charge in [-0.1, -0.05) is 11.6 Å². The molecule has 5 heteroatoms. The van der Waals surface area contributed by atoms with Gasteiger partial charge in [0.15, 0.2) is 0 Å². The lowest BCUT2D eigenvalue weighted by molar-refractivity contribution is 0.552. The Bertz CT molecular complexity index is 518. The second-order valence-corrected chi connectivity index (χ2v) is 3.66. The molecular weight excluding hydrogens is 220 g/mol. The van der Waals surface area contributed by atoms with Gasteiger partial charge in [0.25, 0.3) is 4.84 Å². The quantitative estimate of drug-likeness (QED) is 0.759. The van der Waals surface area contributed by atoms with E-state index in [4.69, 9.17) is 28.2 Å². The molecule has 3 nitrogen and oxygen atoms in total. The number of nitrogens with zero attached hydrogens (tertiary/aromatic N) is 1. The van der Waals surface area contributed by atoms with Crippen LogP contribution in [-0.2, 0) is 0 Å². The number of rotatable bonds is 1. The smallest absolute Gasteiger partial charge is 0.284 e. The fourth-order valence-electron chi connectivity index (χ4n) is 1.13. The summed E-state index contributed by atoms with van der Waals surface area (Å²) in [5.41, 5.74) is 1.84. The van der Waals surface area contributed by atoms with Crippen molar-refractivity contribution in [3.8, 4) is 11.5 Å². The molecule has 1 N–H and O–H groups in total. The molecule has 14 heavy (non-hydrogen) atoms. The van der Waals surface area contributed by atoms with Gasteiger partial charge in [-0.15, -0.1) is 5.10 Å². The highest BCUT2D eigenvalue weighted by molar-refractivity contribution is 7.71. The molecule has 0 unspecified atom stereocenters. The summed E-state index contributed by atoms with van der Waals surface area (Å²) in [5.74, 6) is 0.481. The maximum atomic E-state index is 5.89. The standard InChI is InChI=1S/C9H7ClN2OS/c1-5-4-6(2-3-7(5)10)8-11-12-9(14)13-8/h2-4H,1H3,(H,12,14). The van der Waals surface area contributed by atoms with Crippen molar-refractivity contribution in [1.82, 2.24) is 10.2 Å². The number of aromatic nitrogens is 2. The average Bonchev–Trinajstić information content (AvgIpc) is 2.57. The van der Waals surface area contributed by atoms with Gasteiger partial charge in [0.05, 0.1) is 0 Å². The number of hydrogen-bond acceptors (Lipinski definition) is 3. The first-order chi connectivity index (χ1) is 6.66. The number of halogens is 1. The predicted octanol–water partition coefficient (Wildman–Crippen LogP) is 3.36. The lowest BCUT2D eigenvalue weighted by Crippen LogP contribution is -1.80. The molecular formula is C9H7ClN2OS. The highest BCUT2D eigenvalue weighted by Crippen LogP contribution is 2.22. The van der Waals surface area contributed by atoms with Crippen LogP contribution in [0.1, 0.15) is 5.56 Å². The molecule has 2 aromatic rings. The fourth-order valence-corrected chi connectivity index (χ4v) is 1.37. The Hall–Kier alpha value is -1.13. The fraction of sp³-hybridized carbons (Fsp3) is 0.111. The maximum Gasteiger partial charge on any atom is 0.284 e. The lowest BCUT2D eigenvalue weighted by Gasteiger charge is -1.98. The van der Waals surface area contributed by atoms with Crippen molar-refractivity contribution in [1.29, 1.82) is 0 Å². The van der Waals surface area contributed by atoms with Gasteiger partial charge in [-0.25, -0.2) is 5.10 Å². The SMILES string of the molecule is Cc1cc(-c2n[nH]c(=S)o2)ccc1Cl. The van der Waals surface area contributed by atoms with Gasteiger partial charge in [-0.2, -0.15) is 0 Å². The summed E-state index contributed by atoms with van der Waals surface area (Å²) in [6.07, 6.45) is 0. The van der Waals surface area contributed by atoms with Gasteiger partial charge in [0.1, 0.15) is 0 Å². The Morgan fingerprint density at radius 2 is 2.29 bits per heavy atom. The molecule has 0 amide bonds. The summed E-state index contributed by atoms with van der Waals surface area (Å²) in [4.78, 5) is 0.271.